The van der Waals surface area contributed by atoms with Crippen molar-refractivity contribution in [1.29, 1.82) is 0 Å². The van der Waals surface area contributed by atoms with Crippen LogP contribution >= 0.6 is 11.8 Å². The Balaban J connectivity index is 2.38. The summed E-state index contributed by atoms with van der Waals surface area (Å²) in [5, 5.41) is 4.08. The molecule has 0 amide bonds. The fourth-order valence-corrected chi connectivity index (χ4v) is 3.82. The lowest BCUT2D eigenvalue weighted by Gasteiger charge is -2.11. The molecule has 7 heteroatoms. The molecule has 0 unspecified atom stereocenters. The van der Waals surface area contributed by atoms with Crippen molar-refractivity contribution in [2.45, 2.75) is 30.2 Å². The van der Waals surface area contributed by atoms with Crippen LogP contribution in [-0.4, -0.2) is 24.5 Å². The van der Waals surface area contributed by atoms with E-state index < -0.39 is 10.0 Å². The Kier molecular flexibility index (Phi) is 4.39. The van der Waals surface area contributed by atoms with Gasteiger partial charge in [-0.05, 0) is 32.2 Å². The van der Waals surface area contributed by atoms with E-state index in [0.717, 1.165) is 4.90 Å². The summed E-state index contributed by atoms with van der Waals surface area (Å²) in [5.74, 6) is 0. The summed E-state index contributed by atoms with van der Waals surface area (Å²) in [6, 6.07) is 7.32. The molecule has 20 heavy (non-hydrogen) atoms. The highest BCUT2D eigenvalue weighted by molar-refractivity contribution is 7.99. The molecule has 2 aromatic rings. The minimum absolute atomic E-state index is 0.218. The summed E-state index contributed by atoms with van der Waals surface area (Å²) in [7, 11) is -3.61. The minimum atomic E-state index is -3.61. The highest BCUT2D eigenvalue weighted by Crippen LogP contribution is 2.27. The quantitative estimate of drug-likeness (QED) is 0.862. The third-order valence-corrected chi connectivity index (χ3v) is 5.26. The SMILES string of the molecule is CCn1ncc(S(=O)(=O)Nc2ccccc2SC)c1C. The monoisotopic (exact) mass is 311 g/mol. The third kappa shape index (κ3) is 2.83. The number of anilines is 1. The van der Waals surface area contributed by atoms with Crippen molar-refractivity contribution in [1.82, 2.24) is 9.78 Å². The maximum atomic E-state index is 12.4. The summed E-state index contributed by atoms with van der Waals surface area (Å²) < 4.78 is 29.2. The van der Waals surface area contributed by atoms with Gasteiger partial charge >= 0.3 is 0 Å². The van der Waals surface area contributed by atoms with E-state index in [0.29, 0.717) is 17.9 Å². The summed E-state index contributed by atoms with van der Waals surface area (Å²) in [4.78, 5) is 1.10. The molecule has 2 rings (SSSR count). The van der Waals surface area contributed by atoms with Crippen LogP contribution in [0.3, 0.4) is 0 Å². The van der Waals surface area contributed by atoms with Crippen LogP contribution in [0, 0.1) is 6.92 Å². The Morgan fingerprint density at radius 1 is 1.35 bits per heavy atom. The van der Waals surface area contributed by atoms with Gasteiger partial charge in [-0.15, -0.1) is 11.8 Å². The normalized spacial score (nSPS) is 11.6. The van der Waals surface area contributed by atoms with Crippen molar-refractivity contribution in [3.63, 3.8) is 0 Å². The van der Waals surface area contributed by atoms with Crippen LogP contribution in [0.25, 0.3) is 0 Å². The summed E-state index contributed by atoms with van der Waals surface area (Å²) in [5.41, 5.74) is 1.23. The largest absolute Gasteiger partial charge is 0.278 e. The average Bonchev–Trinajstić information content (AvgIpc) is 2.80. The maximum absolute atomic E-state index is 12.4. The molecule has 1 N–H and O–H groups in total. The van der Waals surface area contributed by atoms with E-state index >= 15 is 0 Å². The molecule has 1 aromatic carbocycles. The van der Waals surface area contributed by atoms with Gasteiger partial charge in [-0.1, -0.05) is 12.1 Å². The first-order chi connectivity index (χ1) is 9.49. The molecule has 0 fully saturated rings. The zero-order valence-electron chi connectivity index (χ0n) is 11.6. The Morgan fingerprint density at radius 3 is 2.65 bits per heavy atom. The van der Waals surface area contributed by atoms with Crippen LogP contribution in [0.1, 0.15) is 12.6 Å². The maximum Gasteiger partial charge on any atom is 0.265 e. The number of para-hydroxylation sites is 1. The van der Waals surface area contributed by atoms with Crippen molar-refractivity contribution in [2.24, 2.45) is 0 Å². The second-order valence-electron chi connectivity index (χ2n) is 4.22. The number of hydrogen-bond acceptors (Lipinski definition) is 4. The van der Waals surface area contributed by atoms with E-state index in [1.165, 1.54) is 18.0 Å². The van der Waals surface area contributed by atoms with Crippen LogP contribution in [-0.2, 0) is 16.6 Å². The van der Waals surface area contributed by atoms with Crippen LogP contribution in [0.2, 0.25) is 0 Å². The molecule has 1 aromatic heterocycles. The van der Waals surface area contributed by atoms with E-state index in [-0.39, 0.29) is 4.90 Å². The number of nitrogens with one attached hydrogen (secondary N) is 1. The zero-order chi connectivity index (χ0) is 14.8. The molecule has 0 spiro atoms. The van der Waals surface area contributed by atoms with E-state index in [2.05, 4.69) is 9.82 Å². The van der Waals surface area contributed by atoms with Crippen molar-refractivity contribution < 1.29 is 8.42 Å². The van der Waals surface area contributed by atoms with Gasteiger partial charge in [0.25, 0.3) is 10.0 Å². The first kappa shape index (κ1) is 14.9. The van der Waals surface area contributed by atoms with Gasteiger partial charge in [0.1, 0.15) is 4.90 Å². The highest BCUT2D eigenvalue weighted by Gasteiger charge is 2.21. The standard InChI is InChI=1S/C13H17N3O2S2/c1-4-16-10(2)13(9-14-16)20(17,18)15-11-7-5-6-8-12(11)19-3/h5-9,15H,4H2,1-3H3. The number of hydrogen-bond donors (Lipinski definition) is 1. The van der Waals surface area contributed by atoms with Gasteiger partial charge in [-0.25, -0.2) is 8.42 Å². The molecule has 0 saturated heterocycles. The second kappa shape index (κ2) is 5.88. The second-order valence-corrected chi connectivity index (χ2v) is 6.71. The molecule has 0 atom stereocenters. The fourth-order valence-electron chi connectivity index (χ4n) is 1.94. The molecule has 0 saturated carbocycles. The third-order valence-electron chi connectivity index (χ3n) is 3.00. The molecule has 108 valence electrons. The first-order valence-electron chi connectivity index (χ1n) is 6.18. The van der Waals surface area contributed by atoms with E-state index in [9.17, 15) is 8.42 Å². The number of nitrogens with zero attached hydrogens (tertiary/aromatic N) is 2. The molecular weight excluding hydrogens is 294 g/mol. The number of rotatable bonds is 5. The predicted molar refractivity (Wildman–Crippen MR) is 81.7 cm³/mol. The topological polar surface area (TPSA) is 64.0 Å². The number of thioether (sulfide) groups is 1. The highest BCUT2D eigenvalue weighted by atomic mass is 32.2. The molecule has 0 aliphatic carbocycles. The predicted octanol–water partition coefficient (Wildman–Crippen LogP) is 2.73. The van der Waals surface area contributed by atoms with Gasteiger partial charge in [0.05, 0.1) is 17.6 Å². The minimum Gasteiger partial charge on any atom is -0.278 e. The Hall–Kier alpha value is -1.47. The van der Waals surface area contributed by atoms with Gasteiger partial charge < -0.3 is 0 Å². The van der Waals surface area contributed by atoms with E-state index in [1.807, 2.05) is 25.3 Å². The van der Waals surface area contributed by atoms with Crippen LogP contribution in [0.4, 0.5) is 5.69 Å². The summed E-state index contributed by atoms with van der Waals surface area (Å²) >= 11 is 1.50. The van der Waals surface area contributed by atoms with Crippen LogP contribution in [0.15, 0.2) is 40.3 Å². The van der Waals surface area contributed by atoms with Crippen molar-refractivity contribution in [3.05, 3.63) is 36.2 Å². The van der Waals surface area contributed by atoms with Crippen LogP contribution in [0.5, 0.6) is 0 Å². The number of benzene rings is 1. The fraction of sp³-hybridized carbons (Fsp3) is 0.308. The summed E-state index contributed by atoms with van der Waals surface area (Å²) in [6.07, 6.45) is 3.30. The lowest BCUT2D eigenvalue weighted by atomic mass is 10.3. The molecule has 0 radical (unpaired) electrons. The lowest BCUT2D eigenvalue weighted by Crippen LogP contribution is -2.14. The van der Waals surface area contributed by atoms with Gasteiger partial charge in [-0.2, -0.15) is 5.10 Å². The van der Waals surface area contributed by atoms with Crippen molar-refractivity contribution >= 4 is 27.5 Å². The van der Waals surface area contributed by atoms with Gasteiger partial charge in [0.15, 0.2) is 0 Å². The summed E-state index contributed by atoms with van der Waals surface area (Å²) in [6.45, 7) is 4.32. The van der Waals surface area contributed by atoms with E-state index in [4.69, 9.17) is 0 Å². The molecule has 1 heterocycles. The molecule has 0 bridgehead atoms. The number of sulfonamides is 1. The first-order valence-corrected chi connectivity index (χ1v) is 8.88. The zero-order valence-corrected chi connectivity index (χ0v) is 13.3. The van der Waals surface area contributed by atoms with Crippen molar-refractivity contribution in [2.75, 3.05) is 11.0 Å². The lowest BCUT2D eigenvalue weighted by molar-refractivity contribution is 0.598. The van der Waals surface area contributed by atoms with Gasteiger partial charge in [-0.3, -0.25) is 9.40 Å². The Labute approximate surface area is 123 Å². The number of aromatic nitrogens is 2. The molecule has 0 aliphatic heterocycles. The Bertz CT molecular complexity index is 708. The smallest absolute Gasteiger partial charge is 0.265 e. The molecule has 0 aliphatic rings. The van der Waals surface area contributed by atoms with Crippen molar-refractivity contribution in [3.8, 4) is 0 Å². The molecule has 5 nitrogen and oxygen atoms in total. The number of aryl methyl sites for hydroxylation is 1. The van der Waals surface area contributed by atoms with Crippen LogP contribution < -0.4 is 4.72 Å². The van der Waals surface area contributed by atoms with Gasteiger partial charge in [0, 0.05) is 11.4 Å². The Morgan fingerprint density at radius 2 is 2.05 bits per heavy atom. The average molecular weight is 311 g/mol. The van der Waals surface area contributed by atoms with Gasteiger partial charge in [0.2, 0.25) is 0 Å². The van der Waals surface area contributed by atoms with E-state index in [1.54, 1.807) is 23.7 Å². The molecular formula is C13H17N3O2S2.